The van der Waals surface area contributed by atoms with Crippen LogP contribution in [-0.4, -0.2) is 33.3 Å². The van der Waals surface area contributed by atoms with Crippen LogP contribution in [0.4, 0.5) is 5.69 Å². The number of benzene rings is 3. The number of hydrazone groups is 1. The predicted molar refractivity (Wildman–Crippen MR) is 136 cm³/mol. The second kappa shape index (κ2) is 11.4. The molecule has 0 heterocycles. The third-order valence-electron chi connectivity index (χ3n) is 4.70. The standard InChI is InChI=1S/C24H23Cl2N3O4S/c1-17-6-8-19(9-7-17)16-33-20-12-10-18(11-13-20)14-27-28-23(30)15-29(34(2,31)32)22-5-3-4-21(25)24(22)26/h3-14H,15-16H2,1-2H3,(H,28,30)/b27-14+. The van der Waals surface area contributed by atoms with Gasteiger partial charge in [-0.15, -0.1) is 0 Å². The second-order valence-electron chi connectivity index (χ2n) is 7.48. The molecule has 1 amide bonds. The Morgan fingerprint density at radius 2 is 1.74 bits per heavy atom. The van der Waals surface area contributed by atoms with E-state index >= 15 is 0 Å². The van der Waals surface area contributed by atoms with Crippen molar-refractivity contribution in [3.63, 3.8) is 0 Å². The number of nitrogens with zero attached hydrogens (tertiary/aromatic N) is 2. The summed E-state index contributed by atoms with van der Waals surface area (Å²) in [5.41, 5.74) is 5.41. The molecule has 178 valence electrons. The van der Waals surface area contributed by atoms with Crippen LogP contribution in [-0.2, 0) is 21.4 Å². The first-order chi connectivity index (χ1) is 16.1. The fourth-order valence-corrected chi connectivity index (χ4v) is 4.22. The second-order valence-corrected chi connectivity index (χ2v) is 10.2. The minimum Gasteiger partial charge on any atom is -0.489 e. The number of ether oxygens (including phenoxy) is 1. The summed E-state index contributed by atoms with van der Waals surface area (Å²) in [5, 5.41) is 4.11. The lowest BCUT2D eigenvalue weighted by Gasteiger charge is -2.22. The van der Waals surface area contributed by atoms with Gasteiger partial charge in [-0.05, 0) is 54.4 Å². The van der Waals surface area contributed by atoms with Crippen molar-refractivity contribution < 1.29 is 17.9 Å². The Balaban J connectivity index is 1.57. The van der Waals surface area contributed by atoms with Crippen molar-refractivity contribution in [2.24, 2.45) is 5.10 Å². The molecule has 3 rings (SSSR count). The van der Waals surface area contributed by atoms with Gasteiger partial charge >= 0.3 is 0 Å². The fraction of sp³-hybridized carbons (Fsp3) is 0.167. The van der Waals surface area contributed by atoms with Crippen LogP contribution >= 0.6 is 23.2 Å². The molecule has 0 bridgehead atoms. The normalized spacial score (nSPS) is 11.4. The van der Waals surface area contributed by atoms with Gasteiger partial charge in [-0.3, -0.25) is 9.10 Å². The molecule has 0 aromatic heterocycles. The highest BCUT2D eigenvalue weighted by atomic mass is 35.5. The van der Waals surface area contributed by atoms with Crippen LogP contribution in [0.25, 0.3) is 0 Å². The Hall–Kier alpha value is -3.07. The van der Waals surface area contributed by atoms with Crippen LogP contribution in [0, 0.1) is 6.92 Å². The fourth-order valence-electron chi connectivity index (χ4n) is 2.91. The summed E-state index contributed by atoms with van der Waals surface area (Å²) >= 11 is 12.1. The van der Waals surface area contributed by atoms with Gasteiger partial charge in [-0.1, -0.05) is 59.1 Å². The van der Waals surface area contributed by atoms with E-state index in [1.165, 1.54) is 23.9 Å². The molecular formula is C24H23Cl2N3O4S. The summed E-state index contributed by atoms with van der Waals surface area (Å²) in [5.74, 6) is 0.0553. The van der Waals surface area contributed by atoms with Crippen LogP contribution in [0.15, 0.2) is 71.8 Å². The quantitative estimate of drug-likeness (QED) is 0.325. The SMILES string of the molecule is Cc1ccc(COc2ccc(/C=N/NC(=O)CN(c3cccc(Cl)c3Cl)S(C)(=O)=O)cc2)cc1. The van der Waals surface area contributed by atoms with Gasteiger partial charge < -0.3 is 4.74 Å². The monoisotopic (exact) mass is 519 g/mol. The van der Waals surface area contributed by atoms with E-state index < -0.39 is 22.5 Å². The molecule has 10 heteroatoms. The molecule has 0 aliphatic heterocycles. The summed E-state index contributed by atoms with van der Waals surface area (Å²) in [4.78, 5) is 12.3. The molecule has 0 aliphatic carbocycles. The Kier molecular flexibility index (Phi) is 8.55. The zero-order valence-corrected chi connectivity index (χ0v) is 20.9. The van der Waals surface area contributed by atoms with E-state index in [1.54, 1.807) is 30.3 Å². The van der Waals surface area contributed by atoms with Crippen molar-refractivity contribution in [1.82, 2.24) is 5.43 Å². The average molecular weight is 520 g/mol. The molecule has 7 nitrogen and oxygen atoms in total. The number of hydrogen-bond donors (Lipinski definition) is 1. The zero-order valence-electron chi connectivity index (χ0n) is 18.5. The van der Waals surface area contributed by atoms with E-state index in [1.807, 2.05) is 31.2 Å². The van der Waals surface area contributed by atoms with Crippen molar-refractivity contribution in [3.05, 3.63) is 93.5 Å². The van der Waals surface area contributed by atoms with E-state index in [-0.39, 0.29) is 15.7 Å². The Labute approximate surface area is 209 Å². The maximum atomic E-state index is 12.3. The van der Waals surface area contributed by atoms with Crippen molar-refractivity contribution in [2.75, 3.05) is 17.1 Å². The summed E-state index contributed by atoms with van der Waals surface area (Å²) in [6.07, 6.45) is 2.42. The molecule has 0 radical (unpaired) electrons. The molecule has 0 saturated heterocycles. The van der Waals surface area contributed by atoms with E-state index in [0.717, 1.165) is 21.7 Å². The maximum absolute atomic E-state index is 12.3. The van der Waals surface area contributed by atoms with Gasteiger partial charge in [0.25, 0.3) is 5.91 Å². The number of carbonyl (C=O) groups excluding carboxylic acids is 1. The van der Waals surface area contributed by atoms with Crippen LogP contribution in [0.5, 0.6) is 5.75 Å². The largest absolute Gasteiger partial charge is 0.489 e. The zero-order chi connectivity index (χ0) is 24.7. The van der Waals surface area contributed by atoms with Crippen LogP contribution in [0.1, 0.15) is 16.7 Å². The van der Waals surface area contributed by atoms with Crippen molar-refractivity contribution in [3.8, 4) is 5.75 Å². The van der Waals surface area contributed by atoms with E-state index in [9.17, 15) is 13.2 Å². The number of rotatable bonds is 9. The van der Waals surface area contributed by atoms with Gasteiger partial charge in [0, 0.05) is 0 Å². The van der Waals surface area contributed by atoms with Crippen LogP contribution in [0.3, 0.4) is 0 Å². The van der Waals surface area contributed by atoms with Gasteiger partial charge in [0.05, 0.1) is 28.2 Å². The minimum absolute atomic E-state index is 0.0376. The Morgan fingerprint density at radius 1 is 1.06 bits per heavy atom. The number of halogens is 2. The van der Waals surface area contributed by atoms with Gasteiger partial charge in [0.1, 0.15) is 18.9 Å². The number of sulfonamides is 1. The molecule has 3 aromatic carbocycles. The molecule has 34 heavy (non-hydrogen) atoms. The van der Waals surface area contributed by atoms with Crippen LogP contribution in [0.2, 0.25) is 10.0 Å². The number of amides is 1. The summed E-state index contributed by atoms with van der Waals surface area (Å²) in [6, 6.07) is 19.8. The third-order valence-corrected chi connectivity index (χ3v) is 6.63. The van der Waals surface area contributed by atoms with Crippen molar-refractivity contribution in [1.29, 1.82) is 0 Å². The summed E-state index contributed by atoms with van der Waals surface area (Å²) < 4.78 is 31.1. The van der Waals surface area contributed by atoms with E-state index in [2.05, 4.69) is 10.5 Å². The average Bonchev–Trinajstić information content (AvgIpc) is 2.79. The van der Waals surface area contributed by atoms with Gasteiger partial charge in [0.15, 0.2) is 0 Å². The molecule has 0 atom stereocenters. The number of nitrogens with one attached hydrogen (secondary N) is 1. The third kappa shape index (κ3) is 7.21. The number of anilines is 1. The van der Waals surface area contributed by atoms with Gasteiger partial charge in [-0.2, -0.15) is 5.10 Å². The van der Waals surface area contributed by atoms with E-state index in [4.69, 9.17) is 27.9 Å². The molecule has 0 saturated carbocycles. The van der Waals surface area contributed by atoms with Gasteiger partial charge in [-0.25, -0.2) is 13.8 Å². The molecular weight excluding hydrogens is 497 g/mol. The van der Waals surface area contributed by atoms with Gasteiger partial charge in [0.2, 0.25) is 10.0 Å². The first kappa shape index (κ1) is 25.6. The molecule has 0 spiro atoms. The van der Waals surface area contributed by atoms with E-state index in [0.29, 0.717) is 12.4 Å². The first-order valence-corrected chi connectivity index (χ1v) is 12.8. The molecule has 0 unspecified atom stereocenters. The smallest absolute Gasteiger partial charge is 0.260 e. The lowest BCUT2D eigenvalue weighted by atomic mass is 10.2. The van der Waals surface area contributed by atoms with Crippen molar-refractivity contribution in [2.45, 2.75) is 13.5 Å². The highest BCUT2D eigenvalue weighted by molar-refractivity contribution is 7.92. The maximum Gasteiger partial charge on any atom is 0.260 e. The lowest BCUT2D eigenvalue weighted by Crippen LogP contribution is -2.39. The molecule has 1 N–H and O–H groups in total. The highest BCUT2D eigenvalue weighted by Gasteiger charge is 2.23. The lowest BCUT2D eigenvalue weighted by molar-refractivity contribution is -0.119. The molecule has 0 aliphatic rings. The minimum atomic E-state index is -3.80. The summed E-state index contributed by atoms with van der Waals surface area (Å²) in [7, 11) is -3.80. The topological polar surface area (TPSA) is 88.1 Å². The highest BCUT2D eigenvalue weighted by Crippen LogP contribution is 2.33. The first-order valence-electron chi connectivity index (χ1n) is 10.2. The number of carbonyl (C=O) groups is 1. The number of hydrogen-bond acceptors (Lipinski definition) is 5. The predicted octanol–water partition coefficient (Wildman–Crippen LogP) is 4.80. The molecule has 0 fully saturated rings. The number of aryl methyl sites for hydroxylation is 1. The molecule has 3 aromatic rings. The summed E-state index contributed by atoms with van der Waals surface area (Å²) in [6.45, 7) is 1.98. The Morgan fingerprint density at radius 3 is 2.38 bits per heavy atom. The van der Waals surface area contributed by atoms with Crippen LogP contribution < -0.4 is 14.5 Å². The Bertz CT molecular complexity index is 1280. The van der Waals surface area contributed by atoms with Crippen molar-refractivity contribution >= 4 is 51.0 Å².